The Labute approximate surface area is 135 Å². The van der Waals surface area contributed by atoms with Crippen LogP contribution in [0.2, 0.25) is 0 Å². The molecule has 1 aliphatic carbocycles. The molecule has 2 atom stereocenters. The highest BCUT2D eigenvalue weighted by atomic mass is 16.4. The fourth-order valence-electron chi connectivity index (χ4n) is 2.24. The third kappa shape index (κ3) is 3.52. The average Bonchev–Trinajstić information content (AvgIpc) is 3.23. The van der Waals surface area contributed by atoms with Crippen LogP contribution in [0.5, 0.6) is 0 Å². The van der Waals surface area contributed by atoms with E-state index < -0.39 is 17.4 Å². The van der Waals surface area contributed by atoms with Crippen molar-refractivity contribution >= 4 is 23.5 Å². The summed E-state index contributed by atoms with van der Waals surface area (Å²) in [4.78, 5) is 36.9. The van der Waals surface area contributed by atoms with Gasteiger partial charge in [0, 0.05) is 24.2 Å². The van der Waals surface area contributed by atoms with Gasteiger partial charge in [0.15, 0.2) is 0 Å². The highest BCUT2D eigenvalue weighted by molar-refractivity contribution is 6.00. The van der Waals surface area contributed by atoms with E-state index in [1.54, 1.807) is 24.3 Å². The van der Waals surface area contributed by atoms with Crippen molar-refractivity contribution in [1.82, 2.24) is 4.90 Å². The first-order chi connectivity index (χ1) is 10.6. The van der Waals surface area contributed by atoms with E-state index in [-0.39, 0.29) is 11.8 Å². The summed E-state index contributed by atoms with van der Waals surface area (Å²) in [6, 6.07) is 6.55. The molecule has 23 heavy (non-hydrogen) atoms. The van der Waals surface area contributed by atoms with E-state index in [2.05, 4.69) is 5.32 Å². The van der Waals surface area contributed by atoms with Crippen LogP contribution in [0.4, 0.5) is 5.69 Å². The Bertz CT molecular complexity index is 654. The highest BCUT2D eigenvalue weighted by Crippen LogP contribution is 2.38. The number of hydrogen-bond donors (Lipinski definition) is 2. The number of anilines is 1. The number of carboxylic acids is 1. The molecular weight excluding hydrogens is 296 g/mol. The second-order valence-electron chi connectivity index (χ2n) is 6.62. The molecule has 6 heteroatoms. The van der Waals surface area contributed by atoms with Crippen LogP contribution in [0.3, 0.4) is 0 Å². The van der Waals surface area contributed by atoms with Crippen molar-refractivity contribution in [3.63, 3.8) is 0 Å². The topological polar surface area (TPSA) is 86.7 Å². The van der Waals surface area contributed by atoms with Gasteiger partial charge in [-0.2, -0.15) is 0 Å². The van der Waals surface area contributed by atoms with Gasteiger partial charge in [0.2, 0.25) is 5.91 Å². The number of nitrogens with one attached hydrogen (secondary N) is 1. The molecule has 0 bridgehead atoms. The zero-order valence-corrected chi connectivity index (χ0v) is 13.8. The Hall–Kier alpha value is -2.37. The van der Waals surface area contributed by atoms with Crippen molar-refractivity contribution in [2.75, 3.05) is 12.4 Å². The Balaban J connectivity index is 2.14. The Morgan fingerprint density at radius 1 is 1.30 bits per heavy atom. The minimum atomic E-state index is -1.32. The van der Waals surface area contributed by atoms with Gasteiger partial charge in [0.1, 0.15) is 5.54 Å². The predicted molar refractivity (Wildman–Crippen MR) is 86.2 cm³/mol. The van der Waals surface area contributed by atoms with Gasteiger partial charge in [-0.15, -0.1) is 0 Å². The molecule has 1 saturated carbocycles. The average molecular weight is 318 g/mol. The fraction of sp³-hybridized carbons (Fsp3) is 0.471. The number of carbonyl (C=O) groups excluding carboxylic acids is 2. The molecule has 6 nitrogen and oxygen atoms in total. The monoisotopic (exact) mass is 318 g/mol. The lowest BCUT2D eigenvalue weighted by Crippen LogP contribution is -2.50. The van der Waals surface area contributed by atoms with Crippen molar-refractivity contribution in [1.29, 1.82) is 0 Å². The second kappa shape index (κ2) is 6.02. The molecule has 1 fully saturated rings. The van der Waals surface area contributed by atoms with Gasteiger partial charge in [0.25, 0.3) is 5.91 Å². The van der Waals surface area contributed by atoms with Crippen molar-refractivity contribution in [3.8, 4) is 0 Å². The normalized spacial score (nSPS) is 19.8. The lowest BCUT2D eigenvalue weighted by molar-refractivity contribution is -0.147. The fourth-order valence-corrected chi connectivity index (χ4v) is 2.24. The summed E-state index contributed by atoms with van der Waals surface area (Å²) in [5.74, 6) is -1.08. The maximum absolute atomic E-state index is 12.5. The first-order valence-corrected chi connectivity index (χ1v) is 7.57. The summed E-state index contributed by atoms with van der Waals surface area (Å²) in [6.45, 7) is 4.95. The second-order valence-corrected chi connectivity index (χ2v) is 6.62. The number of likely N-dealkylation sites (N-methyl/N-ethyl adjacent to an activating group) is 1. The van der Waals surface area contributed by atoms with Crippen molar-refractivity contribution in [2.45, 2.75) is 32.7 Å². The lowest BCUT2D eigenvalue weighted by atomic mass is 10.0. The van der Waals surface area contributed by atoms with E-state index in [0.29, 0.717) is 17.2 Å². The van der Waals surface area contributed by atoms with Crippen LogP contribution in [0.15, 0.2) is 24.3 Å². The van der Waals surface area contributed by atoms with Gasteiger partial charge in [-0.05, 0) is 44.4 Å². The molecule has 2 rings (SSSR count). The zero-order chi connectivity index (χ0) is 17.4. The number of nitrogens with zero attached hydrogens (tertiary/aromatic N) is 1. The molecular formula is C17H22N2O4. The van der Waals surface area contributed by atoms with E-state index in [1.807, 2.05) is 6.92 Å². The van der Waals surface area contributed by atoms with Crippen LogP contribution >= 0.6 is 0 Å². The third-order valence-electron chi connectivity index (χ3n) is 4.49. The maximum Gasteiger partial charge on any atom is 0.329 e. The Kier molecular flexibility index (Phi) is 4.45. The molecule has 0 heterocycles. The quantitative estimate of drug-likeness (QED) is 0.871. The van der Waals surface area contributed by atoms with E-state index in [4.69, 9.17) is 0 Å². The molecule has 1 aromatic rings. The van der Waals surface area contributed by atoms with Crippen LogP contribution in [-0.2, 0) is 9.59 Å². The Morgan fingerprint density at radius 2 is 1.91 bits per heavy atom. The number of benzene rings is 1. The minimum absolute atomic E-state index is 0.0404. The molecule has 2 unspecified atom stereocenters. The smallest absolute Gasteiger partial charge is 0.329 e. The number of carboxylic acid groups (broad SMARTS) is 1. The molecule has 0 spiro atoms. The first kappa shape index (κ1) is 17.0. The van der Waals surface area contributed by atoms with E-state index in [9.17, 15) is 19.5 Å². The van der Waals surface area contributed by atoms with Gasteiger partial charge in [-0.3, -0.25) is 9.59 Å². The molecule has 0 aromatic heterocycles. The molecule has 124 valence electrons. The zero-order valence-electron chi connectivity index (χ0n) is 13.8. The standard InChI is InChI=1S/C17H22N2O4/c1-10-8-13(10)14(20)18-12-7-5-6-11(9-12)15(21)19(4)17(2,3)16(22)23/h5-7,9-10,13H,8H2,1-4H3,(H,18,20)(H,22,23). The molecule has 0 saturated heterocycles. The largest absolute Gasteiger partial charge is 0.480 e. The van der Waals surface area contributed by atoms with Gasteiger partial charge in [-0.25, -0.2) is 4.79 Å². The van der Waals surface area contributed by atoms with Crippen LogP contribution in [-0.4, -0.2) is 40.4 Å². The summed E-state index contributed by atoms with van der Waals surface area (Å²) in [6.07, 6.45) is 0.889. The third-order valence-corrected chi connectivity index (χ3v) is 4.49. The van der Waals surface area contributed by atoms with Crippen molar-refractivity contribution < 1.29 is 19.5 Å². The molecule has 1 aliphatic rings. The molecule has 0 aliphatic heterocycles. The number of hydrogen-bond acceptors (Lipinski definition) is 3. The van der Waals surface area contributed by atoms with Gasteiger partial charge in [-0.1, -0.05) is 13.0 Å². The van der Waals surface area contributed by atoms with Crippen molar-refractivity contribution in [3.05, 3.63) is 29.8 Å². The minimum Gasteiger partial charge on any atom is -0.480 e. The molecule has 0 radical (unpaired) electrons. The van der Waals surface area contributed by atoms with E-state index >= 15 is 0 Å². The summed E-state index contributed by atoms with van der Waals surface area (Å²) < 4.78 is 0. The molecule has 2 amide bonds. The molecule has 2 N–H and O–H groups in total. The summed E-state index contributed by atoms with van der Waals surface area (Å²) in [7, 11) is 1.45. The van der Waals surface area contributed by atoms with Gasteiger partial charge < -0.3 is 15.3 Å². The summed E-state index contributed by atoms with van der Waals surface area (Å²) in [5.41, 5.74) is -0.440. The summed E-state index contributed by atoms with van der Waals surface area (Å²) >= 11 is 0. The first-order valence-electron chi connectivity index (χ1n) is 7.57. The van der Waals surface area contributed by atoms with Crippen molar-refractivity contribution in [2.24, 2.45) is 11.8 Å². The van der Waals surface area contributed by atoms with Crippen LogP contribution in [0.25, 0.3) is 0 Å². The predicted octanol–water partition coefficient (Wildman–Crippen LogP) is 2.22. The Morgan fingerprint density at radius 3 is 2.43 bits per heavy atom. The number of aliphatic carboxylic acids is 1. The molecule has 1 aromatic carbocycles. The number of carbonyl (C=O) groups is 3. The van der Waals surface area contributed by atoms with Gasteiger partial charge in [0.05, 0.1) is 0 Å². The SMILES string of the molecule is CC1CC1C(=O)Nc1cccc(C(=O)N(C)C(C)(C)C(=O)O)c1. The highest BCUT2D eigenvalue weighted by Gasteiger charge is 2.39. The van der Waals surface area contributed by atoms with Crippen LogP contribution < -0.4 is 5.32 Å². The lowest BCUT2D eigenvalue weighted by Gasteiger charge is -2.31. The summed E-state index contributed by atoms with van der Waals surface area (Å²) in [5, 5.41) is 12.0. The number of amides is 2. The number of rotatable bonds is 5. The van der Waals surface area contributed by atoms with E-state index in [1.165, 1.54) is 25.8 Å². The van der Waals surface area contributed by atoms with Crippen LogP contribution in [0, 0.1) is 11.8 Å². The van der Waals surface area contributed by atoms with Crippen LogP contribution in [0.1, 0.15) is 37.6 Å². The maximum atomic E-state index is 12.5. The van der Waals surface area contributed by atoms with Gasteiger partial charge >= 0.3 is 5.97 Å². The van der Waals surface area contributed by atoms with E-state index in [0.717, 1.165) is 6.42 Å².